The molecule has 0 aliphatic carbocycles. The molecule has 108 valence electrons. The summed E-state index contributed by atoms with van der Waals surface area (Å²) in [7, 11) is 1.61. The molecule has 0 aliphatic heterocycles. The predicted octanol–water partition coefficient (Wildman–Crippen LogP) is 2.27. The summed E-state index contributed by atoms with van der Waals surface area (Å²) < 4.78 is 7.05. The Morgan fingerprint density at radius 3 is 2.86 bits per heavy atom. The number of hydrogen-bond donors (Lipinski definition) is 0. The van der Waals surface area contributed by atoms with Crippen LogP contribution in [0.3, 0.4) is 0 Å². The number of ether oxygens (including phenoxy) is 1. The largest absolute Gasteiger partial charge is 0.496 e. The van der Waals surface area contributed by atoms with Crippen LogP contribution in [-0.4, -0.2) is 27.3 Å². The number of nitriles is 1. The lowest BCUT2D eigenvalue weighted by molar-refractivity contribution is 0.416. The van der Waals surface area contributed by atoms with Gasteiger partial charge in [0.05, 0.1) is 30.9 Å². The molecule has 0 unspecified atom stereocenters. The van der Waals surface area contributed by atoms with Crippen molar-refractivity contribution in [1.82, 2.24) is 20.2 Å². The van der Waals surface area contributed by atoms with Crippen molar-refractivity contribution in [3.8, 4) is 23.2 Å². The number of tetrazole rings is 1. The van der Waals surface area contributed by atoms with E-state index in [9.17, 15) is 0 Å². The molecule has 0 bridgehead atoms. The van der Waals surface area contributed by atoms with E-state index < -0.39 is 0 Å². The van der Waals surface area contributed by atoms with Gasteiger partial charge in [0.2, 0.25) is 0 Å². The third kappa shape index (κ3) is 2.65. The standard InChI is InChI=1S/C16H13N5O/c1-22-15-8-3-2-7-14(15)16-18-19-20-21(16)11-13-6-4-5-12(9-13)10-17/h2-9H,11H2,1H3. The van der Waals surface area contributed by atoms with Gasteiger partial charge in [-0.05, 0) is 40.3 Å². The van der Waals surface area contributed by atoms with Crippen molar-refractivity contribution >= 4 is 0 Å². The van der Waals surface area contributed by atoms with Gasteiger partial charge in [0.25, 0.3) is 0 Å². The molecular formula is C16H13N5O. The van der Waals surface area contributed by atoms with Gasteiger partial charge in [-0.2, -0.15) is 5.26 Å². The van der Waals surface area contributed by atoms with Crippen molar-refractivity contribution in [3.63, 3.8) is 0 Å². The van der Waals surface area contributed by atoms with Crippen molar-refractivity contribution in [3.05, 3.63) is 59.7 Å². The van der Waals surface area contributed by atoms with Crippen LogP contribution >= 0.6 is 0 Å². The SMILES string of the molecule is COc1ccccc1-c1nnnn1Cc1cccc(C#N)c1. The zero-order chi connectivity index (χ0) is 15.4. The zero-order valence-corrected chi connectivity index (χ0v) is 12.0. The van der Waals surface area contributed by atoms with Gasteiger partial charge in [-0.1, -0.05) is 24.3 Å². The Hall–Kier alpha value is -3.20. The molecule has 2 aromatic carbocycles. The molecule has 0 saturated heterocycles. The van der Waals surface area contributed by atoms with Gasteiger partial charge >= 0.3 is 0 Å². The molecule has 22 heavy (non-hydrogen) atoms. The molecule has 0 radical (unpaired) electrons. The maximum Gasteiger partial charge on any atom is 0.186 e. The van der Waals surface area contributed by atoms with E-state index in [-0.39, 0.29) is 0 Å². The number of aromatic nitrogens is 4. The Labute approximate surface area is 127 Å². The fourth-order valence-corrected chi connectivity index (χ4v) is 2.25. The lowest BCUT2D eigenvalue weighted by atomic mass is 10.1. The second-order valence-corrected chi connectivity index (χ2v) is 4.67. The molecule has 0 aliphatic rings. The van der Waals surface area contributed by atoms with Crippen molar-refractivity contribution < 1.29 is 4.74 Å². The monoisotopic (exact) mass is 291 g/mol. The number of benzene rings is 2. The van der Waals surface area contributed by atoms with E-state index in [0.717, 1.165) is 11.1 Å². The van der Waals surface area contributed by atoms with E-state index >= 15 is 0 Å². The molecule has 3 aromatic rings. The van der Waals surface area contributed by atoms with Gasteiger partial charge in [-0.25, -0.2) is 4.68 Å². The second kappa shape index (κ2) is 6.06. The number of hydrogen-bond acceptors (Lipinski definition) is 5. The van der Waals surface area contributed by atoms with Crippen molar-refractivity contribution in [2.24, 2.45) is 0 Å². The Bertz CT molecular complexity index is 834. The smallest absolute Gasteiger partial charge is 0.186 e. The number of methoxy groups -OCH3 is 1. The Morgan fingerprint density at radius 2 is 2.05 bits per heavy atom. The summed E-state index contributed by atoms with van der Waals surface area (Å²) in [5.74, 6) is 1.34. The highest BCUT2D eigenvalue weighted by atomic mass is 16.5. The summed E-state index contributed by atoms with van der Waals surface area (Å²) in [4.78, 5) is 0. The number of nitrogens with zero attached hydrogens (tertiary/aromatic N) is 5. The van der Waals surface area contributed by atoms with Crippen molar-refractivity contribution in [1.29, 1.82) is 5.26 Å². The van der Waals surface area contributed by atoms with Crippen LogP contribution in [0.4, 0.5) is 0 Å². The highest BCUT2D eigenvalue weighted by Gasteiger charge is 2.13. The third-order valence-electron chi connectivity index (χ3n) is 3.27. The van der Waals surface area contributed by atoms with E-state index in [2.05, 4.69) is 21.6 Å². The minimum atomic E-state index is 0.482. The summed E-state index contributed by atoms with van der Waals surface area (Å²) in [6, 6.07) is 17.1. The molecule has 0 fully saturated rings. The highest BCUT2D eigenvalue weighted by Crippen LogP contribution is 2.27. The normalized spacial score (nSPS) is 10.2. The average Bonchev–Trinajstić information content (AvgIpc) is 3.03. The van der Waals surface area contributed by atoms with Crippen LogP contribution in [0.1, 0.15) is 11.1 Å². The molecular weight excluding hydrogens is 278 g/mol. The Balaban J connectivity index is 1.97. The second-order valence-electron chi connectivity index (χ2n) is 4.67. The molecule has 6 heteroatoms. The first-order valence-electron chi connectivity index (χ1n) is 6.70. The fourth-order valence-electron chi connectivity index (χ4n) is 2.25. The van der Waals surface area contributed by atoms with Crippen LogP contribution in [0.15, 0.2) is 48.5 Å². The minimum Gasteiger partial charge on any atom is -0.496 e. The molecule has 0 atom stereocenters. The molecule has 1 aromatic heterocycles. The molecule has 6 nitrogen and oxygen atoms in total. The van der Waals surface area contributed by atoms with Gasteiger partial charge in [0.15, 0.2) is 5.82 Å². The van der Waals surface area contributed by atoms with Crippen LogP contribution in [0.2, 0.25) is 0 Å². The predicted molar refractivity (Wildman–Crippen MR) is 80.1 cm³/mol. The molecule has 0 saturated carbocycles. The molecule has 1 heterocycles. The van der Waals surface area contributed by atoms with Gasteiger partial charge in [-0.15, -0.1) is 5.10 Å². The maximum atomic E-state index is 8.98. The Morgan fingerprint density at radius 1 is 1.18 bits per heavy atom. The van der Waals surface area contributed by atoms with Crippen LogP contribution in [0, 0.1) is 11.3 Å². The number of para-hydroxylation sites is 1. The summed E-state index contributed by atoms with van der Waals surface area (Å²) in [5.41, 5.74) is 2.40. The Kier molecular flexibility index (Phi) is 3.79. The third-order valence-corrected chi connectivity index (χ3v) is 3.27. The summed E-state index contributed by atoms with van der Waals surface area (Å²) in [6.07, 6.45) is 0. The van der Waals surface area contributed by atoms with Crippen LogP contribution < -0.4 is 4.74 Å². The maximum absolute atomic E-state index is 8.98. The average molecular weight is 291 g/mol. The van der Waals surface area contributed by atoms with E-state index in [1.165, 1.54) is 0 Å². The van der Waals surface area contributed by atoms with Gasteiger partial charge in [0.1, 0.15) is 5.75 Å². The molecule has 3 rings (SSSR count). The first kappa shape index (κ1) is 13.8. The molecule has 0 N–H and O–H groups in total. The van der Waals surface area contributed by atoms with Crippen molar-refractivity contribution in [2.45, 2.75) is 6.54 Å². The van der Waals surface area contributed by atoms with E-state index in [1.54, 1.807) is 17.9 Å². The topological polar surface area (TPSA) is 76.6 Å². The zero-order valence-electron chi connectivity index (χ0n) is 12.0. The summed E-state index contributed by atoms with van der Waals surface area (Å²) in [6.45, 7) is 0.482. The molecule has 0 amide bonds. The van der Waals surface area contributed by atoms with Crippen LogP contribution in [0.25, 0.3) is 11.4 Å². The van der Waals surface area contributed by atoms with E-state index in [0.29, 0.717) is 23.7 Å². The lowest BCUT2D eigenvalue weighted by Gasteiger charge is -2.08. The summed E-state index contributed by atoms with van der Waals surface area (Å²) in [5, 5.41) is 20.9. The van der Waals surface area contributed by atoms with E-state index in [1.807, 2.05) is 42.5 Å². The first-order chi connectivity index (χ1) is 10.8. The van der Waals surface area contributed by atoms with Crippen molar-refractivity contribution in [2.75, 3.05) is 7.11 Å². The molecule has 0 spiro atoms. The van der Waals surface area contributed by atoms with E-state index in [4.69, 9.17) is 10.00 Å². The first-order valence-corrected chi connectivity index (χ1v) is 6.70. The quantitative estimate of drug-likeness (QED) is 0.737. The lowest BCUT2D eigenvalue weighted by Crippen LogP contribution is -2.05. The highest BCUT2D eigenvalue weighted by molar-refractivity contribution is 5.63. The van der Waals surface area contributed by atoms with Crippen LogP contribution in [0.5, 0.6) is 5.75 Å². The summed E-state index contributed by atoms with van der Waals surface area (Å²) >= 11 is 0. The van der Waals surface area contributed by atoms with Gasteiger partial charge in [0, 0.05) is 0 Å². The van der Waals surface area contributed by atoms with Gasteiger partial charge in [-0.3, -0.25) is 0 Å². The van der Waals surface area contributed by atoms with Gasteiger partial charge < -0.3 is 4.74 Å². The minimum absolute atomic E-state index is 0.482. The number of rotatable bonds is 4. The fraction of sp³-hybridized carbons (Fsp3) is 0.125. The van der Waals surface area contributed by atoms with Crippen LogP contribution in [-0.2, 0) is 6.54 Å².